The highest BCUT2D eigenvalue weighted by atomic mass is 32.2. The zero-order valence-electron chi connectivity index (χ0n) is 22.7. The summed E-state index contributed by atoms with van der Waals surface area (Å²) in [5.41, 5.74) is 6.96. The molecule has 2 aromatic carbocycles. The van der Waals surface area contributed by atoms with Crippen molar-refractivity contribution in [1.82, 2.24) is 29.9 Å². The number of rotatable bonds is 8. The molecule has 0 fully saturated rings. The highest BCUT2D eigenvalue weighted by Crippen LogP contribution is 2.35. The molecule has 0 aliphatic heterocycles. The third-order valence-electron chi connectivity index (χ3n) is 6.83. The van der Waals surface area contributed by atoms with Gasteiger partial charge in [-0.3, -0.25) is 14.9 Å². The van der Waals surface area contributed by atoms with Gasteiger partial charge in [0.1, 0.15) is 5.82 Å². The Hall–Kier alpha value is -4.94. The van der Waals surface area contributed by atoms with Gasteiger partial charge < -0.3 is 10.3 Å². The van der Waals surface area contributed by atoms with Gasteiger partial charge in [0.2, 0.25) is 15.9 Å². The first-order valence-electron chi connectivity index (χ1n) is 13.1. The summed E-state index contributed by atoms with van der Waals surface area (Å²) in [6.45, 7) is 1.77. The number of fused-ring (bicyclic) bond motifs is 2. The number of benzene rings is 2. The second kappa shape index (κ2) is 10.8. The van der Waals surface area contributed by atoms with E-state index >= 15 is 0 Å². The zero-order valence-corrected chi connectivity index (χ0v) is 23.5. The van der Waals surface area contributed by atoms with Crippen LogP contribution in [0.4, 0.5) is 10.1 Å². The summed E-state index contributed by atoms with van der Waals surface area (Å²) in [4.78, 5) is 24.1. The summed E-state index contributed by atoms with van der Waals surface area (Å²) in [6.07, 6.45) is 6.44. The van der Waals surface area contributed by atoms with Gasteiger partial charge >= 0.3 is 0 Å². The summed E-state index contributed by atoms with van der Waals surface area (Å²) in [5.74, 6) is -0.561. The number of amides is 1. The van der Waals surface area contributed by atoms with Crippen LogP contribution in [0, 0.1) is 5.82 Å². The standard InChI is InChI=1S/C30H26FN7O3S/c1-3-28(39)35-22-10-19(14-32-16-22)20-11-25-29(37-38-30(25)33-15-20)27-12-24-23(5-4-6-26(24)36-27)18-7-17(8-21(31)9-18)13-34-42(2,40)41/h4-12,14-16,34,36H,3,13H2,1-2H3,(H,35,39)(H,33,37,38). The minimum Gasteiger partial charge on any atom is -0.353 e. The molecule has 0 saturated heterocycles. The third kappa shape index (κ3) is 5.62. The fourth-order valence-corrected chi connectivity index (χ4v) is 5.27. The molecular weight excluding hydrogens is 557 g/mol. The van der Waals surface area contributed by atoms with Crippen LogP contribution in [-0.4, -0.2) is 45.7 Å². The maximum absolute atomic E-state index is 14.6. The molecule has 4 N–H and O–H groups in total. The van der Waals surface area contributed by atoms with Crippen LogP contribution >= 0.6 is 0 Å². The lowest BCUT2D eigenvalue weighted by molar-refractivity contribution is -0.115. The summed E-state index contributed by atoms with van der Waals surface area (Å²) in [6, 6.07) is 16.0. The Morgan fingerprint density at radius 2 is 1.81 bits per heavy atom. The van der Waals surface area contributed by atoms with Crippen molar-refractivity contribution in [3.8, 4) is 33.6 Å². The van der Waals surface area contributed by atoms with Crippen LogP contribution in [0.5, 0.6) is 0 Å². The average Bonchev–Trinajstić information content (AvgIpc) is 3.59. The second-order valence-electron chi connectivity index (χ2n) is 9.95. The van der Waals surface area contributed by atoms with Gasteiger partial charge in [0.15, 0.2) is 5.65 Å². The first-order chi connectivity index (χ1) is 20.2. The monoisotopic (exact) mass is 583 g/mol. The largest absolute Gasteiger partial charge is 0.353 e. The molecule has 6 aromatic rings. The zero-order chi connectivity index (χ0) is 29.4. The van der Waals surface area contributed by atoms with E-state index in [2.05, 4.69) is 35.2 Å². The average molecular weight is 584 g/mol. The van der Waals surface area contributed by atoms with E-state index in [1.165, 1.54) is 12.1 Å². The fourth-order valence-electron chi connectivity index (χ4n) is 4.84. The van der Waals surface area contributed by atoms with Gasteiger partial charge in [-0.2, -0.15) is 5.10 Å². The van der Waals surface area contributed by atoms with Crippen LogP contribution in [0.1, 0.15) is 18.9 Å². The van der Waals surface area contributed by atoms with E-state index in [9.17, 15) is 17.6 Å². The number of nitrogens with one attached hydrogen (secondary N) is 4. The van der Waals surface area contributed by atoms with E-state index in [1.807, 2.05) is 36.4 Å². The van der Waals surface area contributed by atoms with Crippen molar-refractivity contribution in [1.29, 1.82) is 0 Å². The molecule has 0 spiro atoms. The third-order valence-corrected chi connectivity index (χ3v) is 7.50. The van der Waals surface area contributed by atoms with Crippen molar-refractivity contribution in [2.24, 2.45) is 0 Å². The molecule has 0 atom stereocenters. The maximum Gasteiger partial charge on any atom is 0.224 e. The molecule has 4 heterocycles. The topological polar surface area (TPSA) is 146 Å². The number of carbonyl (C=O) groups is 1. The summed E-state index contributed by atoms with van der Waals surface area (Å²) < 4.78 is 40.1. The Morgan fingerprint density at radius 1 is 0.976 bits per heavy atom. The Labute approximate surface area is 240 Å². The number of pyridine rings is 2. The van der Waals surface area contributed by atoms with E-state index in [0.29, 0.717) is 28.9 Å². The SMILES string of the molecule is CCC(=O)Nc1cncc(-c2cnc3n[nH]c(-c4cc5c(-c6cc(F)cc(CNS(C)(=O)=O)c6)cccc5[nH]4)c3c2)c1. The molecule has 0 aliphatic rings. The van der Waals surface area contributed by atoms with E-state index in [0.717, 1.165) is 50.6 Å². The Balaban J connectivity index is 1.39. The van der Waals surface area contributed by atoms with E-state index < -0.39 is 15.8 Å². The molecule has 12 heteroatoms. The fraction of sp³-hybridized carbons (Fsp3) is 0.133. The lowest BCUT2D eigenvalue weighted by atomic mass is 9.99. The van der Waals surface area contributed by atoms with Crippen LogP contribution in [0.3, 0.4) is 0 Å². The van der Waals surface area contributed by atoms with Crippen LogP contribution in [0.2, 0.25) is 0 Å². The van der Waals surface area contributed by atoms with E-state index in [-0.39, 0.29) is 12.5 Å². The van der Waals surface area contributed by atoms with Gasteiger partial charge in [-0.1, -0.05) is 19.1 Å². The van der Waals surface area contributed by atoms with Crippen molar-refractivity contribution < 1.29 is 17.6 Å². The molecule has 10 nitrogen and oxygen atoms in total. The lowest BCUT2D eigenvalue weighted by Gasteiger charge is -2.08. The van der Waals surface area contributed by atoms with Crippen molar-refractivity contribution in [3.63, 3.8) is 0 Å². The van der Waals surface area contributed by atoms with Crippen LogP contribution < -0.4 is 10.0 Å². The van der Waals surface area contributed by atoms with Crippen molar-refractivity contribution >= 4 is 43.6 Å². The lowest BCUT2D eigenvalue weighted by Crippen LogP contribution is -2.21. The summed E-state index contributed by atoms with van der Waals surface area (Å²) in [5, 5.41) is 11.9. The minimum absolute atomic E-state index is 0.0170. The van der Waals surface area contributed by atoms with Gasteiger partial charge in [-0.15, -0.1) is 0 Å². The number of halogens is 1. The number of hydrogen-bond donors (Lipinski definition) is 4. The van der Waals surface area contributed by atoms with Crippen molar-refractivity contribution in [2.45, 2.75) is 19.9 Å². The number of hydrogen-bond acceptors (Lipinski definition) is 6. The molecular formula is C30H26FN7O3S. The molecule has 212 valence electrons. The number of anilines is 1. The summed E-state index contributed by atoms with van der Waals surface area (Å²) >= 11 is 0. The normalized spacial score (nSPS) is 11.8. The highest BCUT2D eigenvalue weighted by Gasteiger charge is 2.16. The molecule has 0 radical (unpaired) electrons. The minimum atomic E-state index is -3.43. The molecule has 0 saturated carbocycles. The van der Waals surface area contributed by atoms with Crippen LogP contribution in [-0.2, 0) is 21.4 Å². The Morgan fingerprint density at radius 3 is 2.62 bits per heavy atom. The number of aromatic nitrogens is 5. The first-order valence-corrected chi connectivity index (χ1v) is 15.0. The van der Waals surface area contributed by atoms with Gasteiger partial charge in [0, 0.05) is 52.8 Å². The van der Waals surface area contributed by atoms with Crippen LogP contribution in [0.25, 0.3) is 55.6 Å². The predicted molar refractivity (Wildman–Crippen MR) is 160 cm³/mol. The molecule has 42 heavy (non-hydrogen) atoms. The van der Waals surface area contributed by atoms with E-state index in [4.69, 9.17) is 0 Å². The molecule has 6 rings (SSSR count). The van der Waals surface area contributed by atoms with Gasteiger partial charge in [0.05, 0.1) is 29.5 Å². The molecule has 4 aromatic heterocycles. The highest BCUT2D eigenvalue weighted by molar-refractivity contribution is 7.88. The smallest absolute Gasteiger partial charge is 0.224 e. The van der Waals surface area contributed by atoms with E-state index in [1.54, 1.807) is 31.6 Å². The molecule has 0 aliphatic carbocycles. The van der Waals surface area contributed by atoms with Crippen LogP contribution in [0.15, 0.2) is 73.2 Å². The number of H-pyrrole nitrogens is 2. The van der Waals surface area contributed by atoms with Crippen molar-refractivity contribution in [2.75, 3.05) is 11.6 Å². The Kier molecular flexibility index (Phi) is 7.01. The number of carbonyl (C=O) groups excluding carboxylic acids is 1. The summed E-state index contributed by atoms with van der Waals surface area (Å²) in [7, 11) is -3.43. The number of sulfonamides is 1. The maximum atomic E-state index is 14.6. The first kappa shape index (κ1) is 27.2. The Bertz CT molecular complexity index is 2090. The number of aromatic amines is 2. The molecule has 1 amide bonds. The number of nitrogens with zero attached hydrogens (tertiary/aromatic N) is 3. The van der Waals surface area contributed by atoms with Crippen molar-refractivity contribution in [3.05, 3.63) is 84.6 Å². The molecule has 0 unspecified atom stereocenters. The molecule has 0 bridgehead atoms. The second-order valence-corrected chi connectivity index (χ2v) is 11.8. The van der Waals surface area contributed by atoms with Gasteiger partial charge in [-0.25, -0.2) is 22.5 Å². The van der Waals surface area contributed by atoms with Gasteiger partial charge in [-0.05, 0) is 59.2 Å². The quantitative estimate of drug-likeness (QED) is 0.190. The van der Waals surface area contributed by atoms with Gasteiger partial charge in [0.25, 0.3) is 0 Å². The predicted octanol–water partition coefficient (Wildman–Crippen LogP) is 5.37.